The van der Waals surface area contributed by atoms with Crippen molar-refractivity contribution in [1.82, 2.24) is 5.32 Å². The van der Waals surface area contributed by atoms with Gasteiger partial charge in [0.1, 0.15) is 10.7 Å². The Balaban J connectivity index is 2.46. The normalized spacial score (nSPS) is 28.7. The summed E-state index contributed by atoms with van der Waals surface area (Å²) in [6.07, 6.45) is 3.00. The van der Waals surface area contributed by atoms with Crippen molar-refractivity contribution < 1.29 is 4.55 Å². The molecule has 0 radical (unpaired) electrons. The third-order valence-corrected chi connectivity index (χ3v) is 6.09. The van der Waals surface area contributed by atoms with Crippen LogP contribution < -0.4 is 5.32 Å². The molecule has 0 amide bonds. The lowest BCUT2D eigenvalue weighted by Crippen LogP contribution is -2.50. The van der Waals surface area contributed by atoms with Crippen LogP contribution in [-0.2, 0) is 15.9 Å². The van der Waals surface area contributed by atoms with E-state index >= 15 is 0 Å². The van der Waals surface area contributed by atoms with Crippen LogP contribution in [0.4, 0.5) is 0 Å². The highest BCUT2D eigenvalue weighted by Gasteiger charge is 2.49. The molecule has 17 heavy (non-hydrogen) atoms. The molecule has 4 heteroatoms. The maximum atomic E-state index is 12.5. The first-order chi connectivity index (χ1) is 8.21. The summed E-state index contributed by atoms with van der Waals surface area (Å²) in [4.78, 5) is 0.710. The van der Waals surface area contributed by atoms with E-state index in [1.807, 2.05) is 37.4 Å². The van der Waals surface area contributed by atoms with Gasteiger partial charge in [-0.25, -0.2) is 0 Å². The molecule has 0 aromatic heterocycles. The molecule has 0 unspecified atom stereocenters. The Morgan fingerprint density at radius 1 is 1.35 bits per heavy atom. The molecule has 1 saturated heterocycles. The maximum absolute atomic E-state index is 12.5. The van der Waals surface area contributed by atoms with Crippen LogP contribution in [0.3, 0.4) is 0 Å². The van der Waals surface area contributed by atoms with Crippen molar-refractivity contribution in [2.45, 2.75) is 24.0 Å². The second-order valence-corrected chi connectivity index (χ2v) is 6.48. The fourth-order valence-electron chi connectivity index (χ4n) is 2.43. The molecular formula is C13H17NOS2. The zero-order chi connectivity index (χ0) is 12.3. The molecule has 1 N–H and O–H groups in total. The number of hydrogen-bond donors (Lipinski definition) is 1. The van der Waals surface area contributed by atoms with Crippen LogP contribution in [-0.4, -0.2) is 22.3 Å². The van der Waals surface area contributed by atoms with Crippen LogP contribution in [0.2, 0.25) is 0 Å². The fourth-order valence-corrected chi connectivity index (χ4v) is 4.82. The molecule has 1 aliphatic rings. The Labute approximate surface area is 111 Å². The Bertz CT molecular complexity index is 396. The second-order valence-electron chi connectivity index (χ2n) is 4.28. The predicted octanol–water partition coefficient (Wildman–Crippen LogP) is 2.36. The van der Waals surface area contributed by atoms with E-state index in [1.165, 1.54) is 0 Å². The monoisotopic (exact) mass is 267 g/mol. The van der Waals surface area contributed by atoms with Crippen molar-refractivity contribution in [3.8, 4) is 0 Å². The van der Waals surface area contributed by atoms with E-state index in [-0.39, 0.29) is 0 Å². The zero-order valence-corrected chi connectivity index (χ0v) is 11.6. The zero-order valence-electron chi connectivity index (χ0n) is 9.94. The summed E-state index contributed by atoms with van der Waals surface area (Å²) in [6, 6.07) is 10.0. The van der Waals surface area contributed by atoms with Gasteiger partial charge in [0, 0.05) is 19.0 Å². The predicted molar refractivity (Wildman–Crippen MR) is 76.6 cm³/mol. The maximum Gasteiger partial charge on any atom is 0.199 e. The van der Waals surface area contributed by atoms with Gasteiger partial charge < -0.3 is 9.87 Å². The van der Waals surface area contributed by atoms with Gasteiger partial charge in [-0.1, -0.05) is 42.5 Å². The molecule has 92 valence electrons. The molecule has 1 aromatic carbocycles. The largest absolute Gasteiger partial charge is 0.615 e. The summed E-state index contributed by atoms with van der Waals surface area (Å²) in [5.74, 6) is 0.747. The summed E-state index contributed by atoms with van der Waals surface area (Å²) >= 11 is 4.52. The Hall–Kier alpha value is -0.580. The van der Waals surface area contributed by atoms with Gasteiger partial charge in [-0.05, 0) is 24.0 Å². The number of benzene rings is 1. The van der Waals surface area contributed by atoms with Crippen molar-refractivity contribution in [2.75, 3.05) is 12.8 Å². The van der Waals surface area contributed by atoms with Crippen molar-refractivity contribution in [3.05, 3.63) is 35.9 Å². The highest BCUT2D eigenvalue weighted by atomic mass is 32.2. The van der Waals surface area contributed by atoms with E-state index in [9.17, 15) is 4.55 Å². The Morgan fingerprint density at radius 2 is 2.06 bits per heavy atom. The Morgan fingerprint density at radius 3 is 2.65 bits per heavy atom. The molecule has 2 nitrogen and oxygen atoms in total. The van der Waals surface area contributed by atoms with Gasteiger partial charge in [0.05, 0.1) is 0 Å². The number of likely N-dealkylation sites (N-methyl/N-ethyl adjacent to an activating group) is 1. The first-order valence-electron chi connectivity index (χ1n) is 5.88. The molecule has 0 saturated carbocycles. The summed E-state index contributed by atoms with van der Waals surface area (Å²) < 4.78 is 12.0. The van der Waals surface area contributed by atoms with Crippen LogP contribution in [0.15, 0.2) is 30.3 Å². The van der Waals surface area contributed by atoms with Crippen LogP contribution in [0.25, 0.3) is 0 Å². The molecule has 0 aliphatic carbocycles. The van der Waals surface area contributed by atoms with Gasteiger partial charge in [0.15, 0.2) is 4.75 Å². The molecule has 1 fully saturated rings. The number of rotatable bonds is 2. The minimum atomic E-state index is -0.921. The van der Waals surface area contributed by atoms with Crippen molar-refractivity contribution in [1.29, 1.82) is 0 Å². The second kappa shape index (κ2) is 5.38. The van der Waals surface area contributed by atoms with Crippen LogP contribution in [0, 0.1) is 0 Å². The highest BCUT2D eigenvalue weighted by Crippen LogP contribution is 2.41. The molecule has 1 aromatic rings. The van der Waals surface area contributed by atoms with Crippen LogP contribution in [0.5, 0.6) is 0 Å². The SMILES string of the molecule is CNC(=S)[C@@]1(c2ccccc2)CCCC[S@+]1[O-]. The lowest BCUT2D eigenvalue weighted by atomic mass is 9.91. The lowest BCUT2D eigenvalue weighted by molar-refractivity contribution is 0.514. The molecule has 2 rings (SSSR count). The van der Waals surface area contributed by atoms with Gasteiger partial charge in [0.2, 0.25) is 0 Å². The first-order valence-corrected chi connectivity index (χ1v) is 7.61. The minimum absolute atomic E-state index is 0.469. The molecule has 0 spiro atoms. The van der Waals surface area contributed by atoms with Crippen molar-refractivity contribution >= 4 is 28.4 Å². The highest BCUT2D eigenvalue weighted by molar-refractivity contribution is 7.95. The lowest BCUT2D eigenvalue weighted by Gasteiger charge is -2.39. The smallest absolute Gasteiger partial charge is 0.199 e. The average molecular weight is 267 g/mol. The summed E-state index contributed by atoms with van der Waals surface area (Å²) in [5.41, 5.74) is 1.08. The van der Waals surface area contributed by atoms with Gasteiger partial charge in [-0.15, -0.1) is 0 Å². The fraction of sp³-hybridized carbons (Fsp3) is 0.462. The van der Waals surface area contributed by atoms with E-state index < -0.39 is 15.9 Å². The summed E-state index contributed by atoms with van der Waals surface area (Å²) in [6.45, 7) is 0. The van der Waals surface area contributed by atoms with Crippen LogP contribution in [0.1, 0.15) is 24.8 Å². The van der Waals surface area contributed by atoms with Gasteiger partial charge in [0.25, 0.3) is 0 Å². The molecule has 1 aliphatic heterocycles. The van der Waals surface area contributed by atoms with E-state index in [0.717, 1.165) is 30.6 Å². The van der Waals surface area contributed by atoms with Crippen molar-refractivity contribution in [2.24, 2.45) is 0 Å². The third-order valence-electron chi connectivity index (χ3n) is 3.33. The van der Waals surface area contributed by atoms with E-state index in [0.29, 0.717) is 4.99 Å². The van der Waals surface area contributed by atoms with Crippen LogP contribution >= 0.6 is 12.2 Å². The van der Waals surface area contributed by atoms with E-state index in [1.54, 1.807) is 0 Å². The number of nitrogens with one attached hydrogen (secondary N) is 1. The summed E-state index contributed by atoms with van der Waals surface area (Å²) in [5, 5.41) is 3.04. The molecule has 2 atom stereocenters. The molecule has 0 bridgehead atoms. The standard InChI is InChI=1S/C13H17NOS2/c1-14-12(16)13(9-5-6-10-17(13)15)11-7-3-2-4-8-11/h2-4,7-8H,5-6,9-10H2,1H3,(H,14,16)/t13-,17-/m0/s1. The number of hydrogen-bond acceptors (Lipinski definition) is 2. The van der Waals surface area contributed by atoms with Crippen molar-refractivity contribution in [3.63, 3.8) is 0 Å². The average Bonchev–Trinajstić information content (AvgIpc) is 2.39. The summed E-state index contributed by atoms with van der Waals surface area (Å²) in [7, 11) is 1.82. The third kappa shape index (κ3) is 2.21. The quantitative estimate of drug-likeness (QED) is 0.660. The first kappa shape index (κ1) is 12.9. The van der Waals surface area contributed by atoms with Gasteiger partial charge >= 0.3 is 0 Å². The van der Waals surface area contributed by atoms with E-state index in [4.69, 9.17) is 12.2 Å². The van der Waals surface area contributed by atoms with E-state index in [2.05, 4.69) is 5.32 Å². The molecule has 1 heterocycles. The molecular weight excluding hydrogens is 250 g/mol. The number of thiocarbonyl (C=S) groups is 1. The Kier molecular flexibility index (Phi) is 4.07. The van der Waals surface area contributed by atoms with Gasteiger partial charge in [-0.3, -0.25) is 0 Å². The minimum Gasteiger partial charge on any atom is -0.615 e. The topological polar surface area (TPSA) is 35.1 Å². The van der Waals surface area contributed by atoms with Gasteiger partial charge in [-0.2, -0.15) is 0 Å².